The van der Waals surface area contributed by atoms with Crippen LogP contribution in [0.5, 0.6) is 5.75 Å². The average molecular weight is 353 g/mol. The summed E-state index contributed by atoms with van der Waals surface area (Å²) < 4.78 is 10.5. The smallest absolute Gasteiger partial charge is 0.311 e. The van der Waals surface area contributed by atoms with Crippen LogP contribution in [0.3, 0.4) is 0 Å². The lowest BCUT2D eigenvalue weighted by atomic mass is 10.1. The largest absolute Gasteiger partial charge is 0.497 e. The van der Waals surface area contributed by atoms with E-state index in [0.717, 1.165) is 29.0 Å². The van der Waals surface area contributed by atoms with E-state index in [1.807, 2.05) is 43.3 Å². The third-order valence-corrected chi connectivity index (χ3v) is 4.61. The first-order chi connectivity index (χ1) is 12.5. The Morgan fingerprint density at radius 1 is 1.15 bits per heavy atom. The summed E-state index contributed by atoms with van der Waals surface area (Å²) in [6, 6.07) is 15.1. The molecule has 0 saturated carbocycles. The molecule has 5 nitrogen and oxygen atoms in total. The summed E-state index contributed by atoms with van der Waals surface area (Å²) in [4.78, 5) is 26.8. The normalized spacial score (nSPS) is 16.7. The highest BCUT2D eigenvalue weighted by Crippen LogP contribution is 2.32. The number of esters is 1. The first kappa shape index (κ1) is 18.0. The molecule has 5 heteroatoms. The Bertz CT molecular complexity index is 800. The Morgan fingerprint density at radius 2 is 1.85 bits per heavy atom. The van der Waals surface area contributed by atoms with Crippen LogP contribution in [0.1, 0.15) is 25.0 Å². The van der Waals surface area contributed by atoms with Gasteiger partial charge in [-0.25, -0.2) is 0 Å². The number of hydrogen-bond donors (Lipinski definition) is 0. The molecule has 1 aliphatic rings. The highest BCUT2D eigenvalue weighted by molar-refractivity contribution is 5.99. The van der Waals surface area contributed by atoms with E-state index in [9.17, 15) is 9.59 Å². The van der Waals surface area contributed by atoms with Crippen molar-refractivity contribution >= 4 is 17.6 Å². The molecule has 0 aliphatic carbocycles. The van der Waals surface area contributed by atoms with Crippen molar-refractivity contribution in [1.29, 1.82) is 0 Å². The minimum atomic E-state index is -0.825. The maximum Gasteiger partial charge on any atom is 0.311 e. The lowest BCUT2D eigenvalue weighted by molar-refractivity contribution is -0.153. The summed E-state index contributed by atoms with van der Waals surface area (Å²) >= 11 is 0. The number of anilines is 1. The molecule has 0 saturated heterocycles. The minimum Gasteiger partial charge on any atom is -0.497 e. The Morgan fingerprint density at radius 3 is 2.54 bits per heavy atom. The van der Waals surface area contributed by atoms with E-state index in [-0.39, 0.29) is 18.4 Å². The van der Waals surface area contributed by atoms with Crippen molar-refractivity contribution < 1.29 is 19.1 Å². The van der Waals surface area contributed by atoms with Gasteiger partial charge in [-0.05, 0) is 49.6 Å². The predicted molar refractivity (Wildman–Crippen MR) is 99.3 cm³/mol. The summed E-state index contributed by atoms with van der Waals surface area (Å²) in [7, 11) is 1.59. The zero-order valence-corrected chi connectivity index (χ0v) is 15.3. The molecule has 0 radical (unpaired) electrons. The molecule has 0 N–H and O–H groups in total. The third kappa shape index (κ3) is 3.72. The second-order valence-corrected chi connectivity index (χ2v) is 6.55. The van der Waals surface area contributed by atoms with Crippen molar-refractivity contribution in [1.82, 2.24) is 0 Å². The molecule has 3 rings (SSSR count). The molecule has 2 aromatic rings. The number of rotatable bonds is 5. The molecular formula is C21H23NO4. The van der Waals surface area contributed by atoms with Gasteiger partial charge in [0.25, 0.3) is 5.91 Å². The number of hydrogen-bond acceptors (Lipinski definition) is 4. The Hall–Kier alpha value is -2.82. The molecule has 0 aromatic heterocycles. The first-order valence-corrected chi connectivity index (χ1v) is 8.73. The van der Waals surface area contributed by atoms with Gasteiger partial charge in [0.2, 0.25) is 0 Å². The summed E-state index contributed by atoms with van der Waals surface area (Å²) in [6.45, 7) is 3.63. The van der Waals surface area contributed by atoms with E-state index in [4.69, 9.17) is 9.47 Å². The number of methoxy groups -OCH3 is 1. The topological polar surface area (TPSA) is 55.8 Å². The van der Waals surface area contributed by atoms with Crippen LogP contribution in [-0.4, -0.2) is 31.1 Å². The Labute approximate surface area is 153 Å². The molecule has 0 spiro atoms. The SMILES string of the molecule is COc1ccc(CC(=O)O[C@H](C)C(=O)N2c3ccccc3C[C@H]2C)cc1. The summed E-state index contributed by atoms with van der Waals surface area (Å²) in [6.07, 6.45) is 0.108. The van der Waals surface area contributed by atoms with Gasteiger partial charge in [-0.2, -0.15) is 0 Å². The van der Waals surface area contributed by atoms with E-state index in [1.54, 1.807) is 31.1 Å². The molecule has 1 amide bonds. The molecule has 0 fully saturated rings. The van der Waals surface area contributed by atoms with Gasteiger partial charge < -0.3 is 14.4 Å². The summed E-state index contributed by atoms with van der Waals surface area (Å²) in [5.74, 6) is 0.119. The standard InChI is InChI=1S/C21H23NO4/c1-14-12-17-6-4-5-7-19(17)22(14)21(24)15(2)26-20(23)13-16-8-10-18(25-3)11-9-16/h4-11,14-15H,12-13H2,1-3H3/t14-,15-/m1/s1. The van der Waals surface area contributed by atoms with E-state index in [0.29, 0.717) is 0 Å². The fraction of sp³-hybridized carbons (Fsp3) is 0.333. The van der Waals surface area contributed by atoms with Gasteiger partial charge in [-0.15, -0.1) is 0 Å². The van der Waals surface area contributed by atoms with Crippen LogP contribution < -0.4 is 9.64 Å². The first-order valence-electron chi connectivity index (χ1n) is 8.73. The number of nitrogens with zero attached hydrogens (tertiary/aromatic N) is 1. The number of ether oxygens (including phenoxy) is 2. The van der Waals surface area contributed by atoms with Crippen LogP contribution >= 0.6 is 0 Å². The number of amides is 1. The van der Waals surface area contributed by atoms with E-state index >= 15 is 0 Å². The van der Waals surface area contributed by atoms with E-state index in [1.165, 1.54) is 0 Å². The molecule has 136 valence electrons. The van der Waals surface area contributed by atoms with Gasteiger partial charge in [-0.1, -0.05) is 30.3 Å². The van der Waals surface area contributed by atoms with Crippen molar-refractivity contribution in [2.75, 3.05) is 12.0 Å². The summed E-state index contributed by atoms with van der Waals surface area (Å²) in [5.41, 5.74) is 2.86. The second-order valence-electron chi connectivity index (χ2n) is 6.55. The molecule has 2 aromatic carbocycles. The van der Waals surface area contributed by atoms with Crippen molar-refractivity contribution in [3.63, 3.8) is 0 Å². The molecule has 1 aliphatic heterocycles. The van der Waals surface area contributed by atoms with Crippen molar-refractivity contribution in [3.8, 4) is 5.75 Å². The number of carbonyl (C=O) groups excluding carboxylic acids is 2. The van der Waals surface area contributed by atoms with Crippen LogP contribution in [0.25, 0.3) is 0 Å². The molecular weight excluding hydrogens is 330 g/mol. The van der Waals surface area contributed by atoms with E-state index < -0.39 is 12.1 Å². The van der Waals surface area contributed by atoms with Gasteiger partial charge >= 0.3 is 5.97 Å². The van der Waals surface area contributed by atoms with Crippen LogP contribution in [0.4, 0.5) is 5.69 Å². The van der Waals surface area contributed by atoms with Crippen LogP contribution in [0, 0.1) is 0 Å². The monoisotopic (exact) mass is 353 g/mol. The van der Waals surface area contributed by atoms with Gasteiger partial charge in [0, 0.05) is 11.7 Å². The van der Waals surface area contributed by atoms with Gasteiger partial charge in [0.05, 0.1) is 13.5 Å². The molecule has 0 bridgehead atoms. The zero-order chi connectivity index (χ0) is 18.7. The van der Waals surface area contributed by atoms with Gasteiger partial charge in [0.15, 0.2) is 6.10 Å². The predicted octanol–water partition coefficient (Wildman–Crippen LogP) is 3.15. The fourth-order valence-electron chi connectivity index (χ4n) is 3.30. The number of fused-ring (bicyclic) bond motifs is 1. The number of benzene rings is 2. The van der Waals surface area contributed by atoms with Crippen LogP contribution in [-0.2, 0) is 27.2 Å². The van der Waals surface area contributed by atoms with E-state index in [2.05, 4.69) is 0 Å². The molecule has 26 heavy (non-hydrogen) atoms. The Balaban J connectivity index is 1.62. The van der Waals surface area contributed by atoms with Gasteiger partial charge in [-0.3, -0.25) is 9.59 Å². The lowest BCUT2D eigenvalue weighted by Crippen LogP contribution is -2.43. The molecule has 1 heterocycles. The fourth-order valence-corrected chi connectivity index (χ4v) is 3.30. The highest BCUT2D eigenvalue weighted by atomic mass is 16.5. The summed E-state index contributed by atoms with van der Waals surface area (Å²) in [5, 5.41) is 0. The quantitative estimate of drug-likeness (QED) is 0.775. The third-order valence-electron chi connectivity index (χ3n) is 4.61. The highest BCUT2D eigenvalue weighted by Gasteiger charge is 2.34. The van der Waals surface area contributed by atoms with Crippen molar-refractivity contribution in [2.45, 2.75) is 38.8 Å². The second kappa shape index (κ2) is 7.60. The maximum atomic E-state index is 12.8. The molecule has 2 atom stereocenters. The maximum absolute atomic E-state index is 12.8. The number of para-hydroxylation sites is 1. The number of carbonyl (C=O) groups is 2. The average Bonchev–Trinajstić information content (AvgIpc) is 2.97. The lowest BCUT2D eigenvalue weighted by Gasteiger charge is -2.26. The van der Waals surface area contributed by atoms with Crippen molar-refractivity contribution in [3.05, 3.63) is 59.7 Å². The van der Waals surface area contributed by atoms with Crippen LogP contribution in [0.15, 0.2) is 48.5 Å². The minimum absolute atomic E-state index is 0.0580. The Kier molecular flexibility index (Phi) is 5.26. The van der Waals surface area contributed by atoms with Crippen LogP contribution in [0.2, 0.25) is 0 Å². The molecule has 0 unspecified atom stereocenters. The van der Waals surface area contributed by atoms with Gasteiger partial charge in [0.1, 0.15) is 5.75 Å². The zero-order valence-electron chi connectivity index (χ0n) is 15.3. The van der Waals surface area contributed by atoms with Crippen molar-refractivity contribution in [2.24, 2.45) is 0 Å².